The number of aromatic carboxylic acids is 1. The summed E-state index contributed by atoms with van der Waals surface area (Å²) in [7, 11) is 0. The van der Waals surface area contributed by atoms with E-state index in [1.807, 2.05) is 0 Å². The summed E-state index contributed by atoms with van der Waals surface area (Å²) in [6.45, 7) is -2.71. The lowest BCUT2D eigenvalue weighted by atomic mass is 10.3. The van der Waals surface area contributed by atoms with E-state index in [-0.39, 0.29) is 17.2 Å². The molecule has 0 aliphatic heterocycles. The second kappa shape index (κ2) is 9.59. The van der Waals surface area contributed by atoms with Crippen LogP contribution in [0.2, 0.25) is 0 Å². The highest BCUT2D eigenvalue weighted by atomic mass is 19.4. The van der Waals surface area contributed by atoms with E-state index in [1.54, 1.807) is 0 Å². The Hall–Kier alpha value is -3.05. The van der Waals surface area contributed by atoms with Gasteiger partial charge in [0.15, 0.2) is 13.2 Å². The number of carbonyl (C=O) groups is 1. The second-order valence-corrected chi connectivity index (χ2v) is 4.68. The van der Waals surface area contributed by atoms with Crippen LogP contribution in [-0.4, -0.2) is 46.6 Å². The molecule has 2 aromatic rings. The third-order valence-electron chi connectivity index (χ3n) is 2.39. The van der Waals surface area contributed by atoms with Gasteiger partial charge >= 0.3 is 18.3 Å². The Bertz CT molecular complexity index is 705. The van der Waals surface area contributed by atoms with Gasteiger partial charge in [0.2, 0.25) is 0 Å². The van der Waals surface area contributed by atoms with E-state index in [0.717, 1.165) is 18.3 Å². The third kappa shape index (κ3) is 10.5. The van der Waals surface area contributed by atoms with E-state index in [2.05, 4.69) is 19.4 Å². The summed E-state index contributed by atoms with van der Waals surface area (Å²) >= 11 is 0. The van der Waals surface area contributed by atoms with Crippen LogP contribution in [0.4, 0.5) is 26.3 Å². The van der Waals surface area contributed by atoms with Crippen molar-refractivity contribution >= 4 is 5.97 Å². The molecular weight excluding hydrogens is 386 g/mol. The summed E-state index contributed by atoms with van der Waals surface area (Å²) in [6.07, 6.45) is -5.11. The highest BCUT2D eigenvalue weighted by Crippen LogP contribution is 2.18. The largest absolute Gasteiger partial charge is 0.483 e. The predicted octanol–water partition coefficient (Wildman–Crippen LogP) is 3.74. The zero-order valence-electron chi connectivity index (χ0n) is 13.3. The normalized spacial score (nSPS) is 11.2. The first-order valence-electron chi connectivity index (χ1n) is 6.95. The van der Waals surface area contributed by atoms with Crippen molar-refractivity contribution in [2.45, 2.75) is 12.4 Å². The quantitative estimate of drug-likeness (QED) is 0.773. The molecule has 1 N–H and O–H groups in total. The van der Waals surface area contributed by atoms with Crippen LogP contribution >= 0.6 is 0 Å². The van der Waals surface area contributed by atoms with Crippen molar-refractivity contribution in [2.75, 3.05) is 13.2 Å². The van der Waals surface area contributed by atoms with Crippen LogP contribution in [0.15, 0.2) is 42.9 Å². The first kappa shape index (κ1) is 22.0. The molecule has 0 bridgehead atoms. The van der Waals surface area contributed by atoms with E-state index < -0.39 is 31.5 Å². The maximum atomic E-state index is 11.7. The van der Waals surface area contributed by atoms with Crippen molar-refractivity contribution in [2.24, 2.45) is 0 Å². The molecule has 6 nitrogen and oxygen atoms in total. The van der Waals surface area contributed by atoms with Gasteiger partial charge in [0.25, 0.3) is 0 Å². The monoisotopic (exact) mass is 398 g/mol. The van der Waals surface area contributed by atoms with Gasteiger partial charge < -0.3 is 14.6 Å². The van der Waals surface area contributed by atoms with Crippen LogP contribution in [-0.2, 0) is 0 Å². The number of rotatable bonds is 5. The number of carboxylic acid groups (broad SMARTS) is 1. The van der Waals surface area contributed by atoms with Gasteiger partial charge in [0.1, 0.15) is 17.2 Å². The van der Waals surface area contributed by atoms with Gasteiger partial charge in [-0.25, -0.2) is 9.78 Å². The summed E-state index contributed by atoms with van der Waals surface area (Å²) in [5.41, 5.74) is -0.255. The molecule has 2 heterocycles. The number of hydrogen-bond acceptors (Lipinski definition) is 5. The van der Waals surface area contributed by atoms with Crippen LogP contribution in [0.5, 0.6) is 11.5 Å². The van der Waals surface area contributed by atoms with Gasteiger partial charge in [-0.05, 0) is 24.3 Å². The maximum absolute atomic E-state index is 11.7. The molecule has 0 radical (unpaired) electrons. The van der Waals surface area contributed by atoms with Crippen LogP contribution in [0.3, 0.4) is 0 Å². The first-order valence-corrected chi connectivity index (χ1v) is 6.95. The Balaban J connectivity index is 0.000000277. The smallest absolute Gasteiger partial charge is 0.422 e. The van der Waals surface area contributed by atoms with E-state index in [0.29, 0.717) is 0 Å². The van der Waals surface area contributed by atoms with Gasteiger partial charge in [-0.1, -0.05) is 0 Å². The van der Waals surface area contributed by atoms with E-state index in [4.69, 9.17) is 5.11 Å². The fourth-order valence-electron chi connectivity index (χ4n) is 1.35. The van der Waals surface area contributed by atoms with Crippen LogP contribution in [0.1, 0.15) is 10.5 Å². The molecule has 0 amide bonds. The first-order chi connectivity index (χ1) is 12.5. The number of alkyl halides is 6. The second-order valence-electron chi connectivity index (χ2n) is 4.68. The fourth-order valence-corrected chi connectivity index (χ4v) is 1.35. The van der Waals surface area contributed by atoms with Crippen LogP contribution in [0.25, 0.3) is 0 Å². The summed E-state index contributed by atoms with van der Waals surface area (Å²) in [5.74, 6) is -1.26. The molecule has 0 unspecified atom stereocenters. The Morgan fingerprint density at radius 3 is 1.85 bits per heavy atom. The summed E-state index contributed by atoms with van der Waals surface area (Å²) in [4.78, 5) is 17.3. The Kier molecular flexibility index (Phi) is 7.81. The number of pyridine rings is 2. The fraction of sp³-hybridized carbons (Fsp3) is 0.267. The molecule has 0 fully saturated rings. The molecule has 0 saturated heterocycles. The molecule has 148 valence electrons. The van der Waals surface area contributed by atoms with Crippen molar-refractivity contribution in [3.63, 3.8) is 0 Å². The minimum absolute atomic E-state index is 0.120. The van der Waals surface area contributed by atoms with Crippen molar-refractivity contribution in [3.05, 3.63) is 48.5 Å². The molecular formula is C15H12F6N2O4. The molecule has 27 heavy (non-hydrogen) atoms. The van der Waals surface area contributed by atoms with Gasteiger partial charge in [-0.15, -0.1) is 0 Å². The standard InChI is InChI=1S/C8H6F3NO3.C7H6F3NO/c9-8(10,11)4-15-5-1-2-6(7(13)14)12-3-5;8-7(9,10)5-12-6-2-1-3-11-4-6/h1-3H,4H2,(H,13,14);1-4H,5H2. The molecule has 0 aromatic carbocycles. The van der Waals surface area contributed by atoms with Gasteiger partial charge in [-0.3, -0.25) is 4.98 Å². The van der Waals surface area contributed by atoms with Gasteiger partial charge in [-0.2, -0.15) is 26.3 Å². The lowest BCUT2D eigenvalue weighted by Crippen LogP contribution is -2.19. The number of ether oxygens (including phenoxy) is 2. The molecule has 0 aliphatic rings. The number of halogens is 6. The van der Waals surface area contributed by atoms with Crippen molar-refractivity contribution in [3.8, 4) is 11.5 Å². The van der Waals surface area contributed by atoms with E-state index in [1.165, 1.54) is 24.5 Å². The van der Waals surface area contributed by atoms with E-state index >= 15 is 0 Å². The molecule has 0 saturated carbocycles. The predicted molar refractivity (Wildman–Crippen MR) is 78.5 cm³/mol. The zero-order valence-corrected chi connectivity index (χ0v) is 13.3. The van der Waals surface area contributed by atoms with Gasteiger partial charge in [0.05, 0.1) is 12.4 Å². The van der Waals surface area contributed by atoms with E-state index in [9.17, 15) is 31.1 Å². The molecule has 12 heteroatoms. The molecule has 2 rings (SSSR count). The number of nitrogens with zero attached hydrogens (tertiary/aromatic N) is 2. The zero-order chi connectivity index (χ0) is 20.5. The van der Waals surface area contributed by atoms with Crippen molar-refractivity contribution in [1.82, 2.24) is 9.97 Å². The lowest BCUT2D eigenvalue weighted by Gasteiger charge is -2.08. The SMILES string of the molecule is FC(F)(F)COc1cccnc1.O=C(O)c1ccc(OCC(F)(F)F)cn1. The minimum atomic E-state index is -4.43. The topological polar surface area (TPSA) is 81.5 Å². The number of aromatic nitrogens is 2. The average molecular weight is 398 g/mol. The average Bonchev–Trinajstić information content (AvgIpc) is 2.59. The highest BCUT2D eigenvalue weighted by molar-refractivity contribution is 5.85. The molecule has 0 aliphatic carbocycles. The Morgan fingerprint density at radius 1 is 0.926 bits per heavy atom. The maximum Gasteiger partial charge on any atom is 0.422 e. The van der Waals surface area contributed by atoms with Crippen molar-refractivity contribution in [1.29, 1.82) is 0 Å². The van der Waals surface area contributed by atoms with Crippen molar-refractivity contribution < 1.29 is 45.7 Å². The Morgan fingerprint density at radius 2 is 1.48 bits per heavy atom. The summed E-state index contributed by atoms with van der Waals surface area (Å²) in [6, 6.07) is 5.10. The Labute approximate surface area is 148 Å². The minimum Gasteiger partial charge on any atom is -0.483 e. The summed E-state index contributed by atoms with van der Waals surface area (Å²) < 4.78 is 78.6. The van der Waals surface area contributed by atoms with Gasteiger partial charge in [0, 0.05) is 6.20 Å². The van der Waals surface area contributed by atoms with Crippen LogP contribution in [0, 0.1) is 0 Å². The number of carboxylic acids is 1. The molecule has 0 spiro atoms. The number of hydrogen-bond donors (Lipinski definition) is 1. The third-order valence-corrected chi connectivity index (χ3v) is 2.39. The molecule has 0 atom stereocenters. The van der Waals surface area contributed by atoms with Crippen LogP contribution < -0.4 is 9.47 Å². The molecule has 2 aromatic heterocycles. The highest BCUT2D eigenvalue weighted by Gasteiger charge is 2.29. The lowest BCUT2D eigenvalue weighted by molar-refractivity contribution is -0.154. The summed E-state index contributed by atoms with van der Waals surface area (Å²) in [5, 5.41) is 8.45.